The predicted octanol–water partition coefficient (Wildman–Crippen LogP) is 4.97. The smallest absolute Gasteiger partial charge is 0.166 e. The molecule has 2 rings (SSSR count). The predicted molar refractivity (Wildman–Crippen MR) is 83.1 cm³/mol. The molecule has 2 aromatic carbocycles. The van der Waals surface area contributed by atoms with Crippen LogP contribution in [0.3, 0.4) is 0 Å². The summed E-state index contributed by atoms with van der Waals surface area (Å²) in [5, 5.41) is 0.584. The number of alkyl halides is 1. The van der Waals surface area contributed by atoms with E-state index in [1.807, 2.05) is 18.2 Å². The first kappa shape index (κ1) is 15.0. The Morgan fingerprint density at radius 3 is 2.50 bits per heavy atom. The molecule has 0 unspecified atom stereocenters. The van der Waals surface area contributed by atoms with Gasteiger partial charge in [-0.3, -0.25) is 0 Å². The standard InChI is InChI=1S/C16H16Cl2O2/c1-11-5-3-4-6-12(11)10-20-16-13(9-17)7-14(18)8-15(16)19-2/h3-8H,9-10H2,1-2H3. The average Bonchev–Trinajstić information content (AvgIpc) is 2.46. The number of aryl methyl sites for hydroxylation is 1. The summed E-state index contributed by atoms with van der Waals surface area (Å²) in [6.45, 7) is 2.52. The molecule has 106 valence electrons. The molecule has 0 amide bonds. The van der Waals surface area contributed by atoms with Crippen molar-refractivity contribution in [2.45, 2.75) is 19.4 Å². The fourth-order valence-corrected chi connectivity index (χ4v) is 2.39. The molecule has 0 saturated carbocycles. The van der Waals surface area contributed by atoms with Crippen LogP contribution in [-0.2, 0) is 12.5 Å². The van der Waals surface area contributed by atoms with E-state index < -0.39 is 0 Å². The lowest BCUT2D eigenvalue weighted by Gasteiger charge is -2.15. The second-order valence-corrected chi connectivity index (χ2v) is 5.15. The Balaban J connectivity index is 2.27. The summed E-state index contributed by atoms with van der Waals surface area (Å²) in [5.41, 5.74) is 3.14. The van der Waals surface area contributed by atoms with Crippen molar-refractivity contribution in [3.05, 3.63) is 58.1 Å². The molecule has 0 aliphatic heterocycles. The molecule has 2 aromatic rings. The first-order valence-corrected chi connectivity index (χ1v) is 7.16. The van der Waals surface area contributed by atoms with Crippen molar-refractivity contribution in [1.29, 1.82) is 0 Å². The molecule has 4 heteroatoms. The van der Waals surface area contributed by atoms with Gasteiger partial charge < -0.3 is 9.47 Å². The van der Waals surface area contributed by atoms with Crippen molar-refractivity contribution in [3.63, 3.8) is 0 Å². The van der Waals surface area contributed by atoms with Gasteiger partial charge in [0, 0.05) is 16.7 Å². The normalized spacial score (nSPS) is 10.4. The van der Waals surface area contributed by atoms with E-state index in [2.05, 4.69) is 13.0 Å². The van der Waals surface area contributed by atoms with E-state index in [1.54, 1.807) is 19.2 Å². The molecule has 0 radical (unpaired) electrons. The van der Waals surface area contributed by atoms with Gasteiger partial charge in [-0.2, -0.15) is 0 Å². The molecular weight excluding hydrogens is 295 g/mol. The fourth-order valence-electron chi connectivity index (χ4n) is 1.96. The summed E-state index contributed by atoms with van der Waals surface area (Å²) in [6.07, 6.45) is 0. The van der Waals surface area contributed by atoms with Gasteiger partial charge in [0.05, 0.1) is 13.0 Å². The summed E-state index contributed by atoms with van der Waals surface area (Å²) in [6, 6.07) is 11.6. The topological polar surface area (TPSA) is 18.5 Å². The van der Waals surface area contributed by atoms with Crippen LogP contribution in [0.5, 0.6) is 11.5 Å². The average molecular weight is 311 g/mol. The number of rotatable bonds is 5. The first-order valence-electron chi connectivity index (χ1n) is 6.25. The molecule has 0 heterocycles. The Hall–Kier alpha value is -1.38. The molecule has 0 aliphatic carbocycles. The first-order chi connectivity index (χ1) is 9.65. The van der Waals surface area contributed by atoms with Crippen LogP contribution in [-0.4, -0.2) is 7.11 Å². The van der Waals surface area contributed by atoms with E-state index >= 15 is 0 Å². The van der Waals surface area contributed by atoms with Gasteiger partial charge in [0.2, 0.25) is 0 Å². The van der Waals surface area contributed by atoms with E-state index in [9.17, 15) is 0 Å². The largest absolute Gasteiger partial charge is 0.493 e. The van der Waals surface area contributed by atoms with Crippen molar-refractivity contribution in [2.75, 3.05) is 7.11 Å². The maximum atomic E-state index is 6.03. The zero-order valence-electron chi connectivity index (χ0n) is 11.5. The Bertz CT molecular complexity index is 572. The van der Waals surface area contributed by atoms with E-state index in [4.69, 9.17) is 32.7 Å². The highest BCUT2D eigenvalue weighted by Gasteiger charge is 2.13. The van der Waals surface area contributed by atoms with Gasteiger partial charge in [-0.1, -0.05) is 35.9 Å². The maximum Gasteiger partial charge on any atom is 0.166 e. The van der Waals surface area contributed by atoms with Gasteiger partial charge >= 0.3 is 0 Å². The summed E-state index contributed by atoms with van der Waals surface area (Å²) < 4.78 is 11.2. The Kier molecular flexibility index (Phi) is 5.16. The third-order valence-electron chi connectivity index (χ3n) is 3.09. The van der Waals surface area contributed by atoms with E-state index in [0.717, 1.165) is 11.1 Å². The van der Waals surface area contributed by atoms with Crippen molar-refractivity contribution < 1.29 is 9.47 Å². The van der Waals surface area contributed by atoms with Gasteiger partial charge in [-0.25, -0.2) is 0 Å². The maximum absolute atomic E-state index is 6.03. The van der Waals surface area contributed by atoms with Gasteiger partial charge in [0.15, 0.2) is 11.5 Å². The third-order valence-corrected chi connectivity index (χ3v) is 3.60. The number of hydrogen-bond acceptors (Lipinski definition) is 2. The summed E-state index contributed by atoms with van der Waals surface area (Å²) in [5.74, 6) is 1.57. The zero-order valence-corrected chi connectivity index (χ0v) is 13.0. The monoisotopic (exact) mass is 310 g/mol. The van der Waals surface area contributed by atoms with Crippen LogP contribution in [0.15, 0.2) is 36.4 Å². The van der Waals surface area contributed by atoms with Crippen LogP contribution in [0.25, 0.3) is 0 Å². The summed E-state index contributed by atoms with van der Waals surface area (Å²) in [7, 11) is 1.59. The molecule has 0 atom stereocenters. The van der Waals surface area contributed by atoms with Gasteiger partial charge in [-0.05, 0) is 24.1 Å². The second kappa shape index (κ2) is 6.87. The van der Waals surface area contributed by atoms with Crippen LogP contribution in [0.4, 0.5) is 0 Å². The molecule has 2 nitrogen and oxygen atoms in total. The lowest BCUT2D eigenvalue weighted by molar-refractivity contribution is 0.281. The molecule has 0 aliphatic rings. The van der Waals surface area contributed by atoms with Crippen molar-refractivity contribution >= 4 is 23.2 Å². The van der Waals surface area contributed by atoms with Gasteiger partial charge in [0.1, 0.15) is 6.61 Å². The van der Waals surface area contributed by atoms with E-state index in [-0.39, 0.29) is 0 Å². The van der Waals surface area contributed by atoms with Crippen molar-refractivity contribution in [3.8, 4) is 11.5 Å². The SMILES string of the molecule is COc1cc(Cl)cc(CCl)c1OCc1ccccc1C. The molecule has 0 saturated heterocycles. The van der Waals surface area contributed by atoms with Crippen molar-refractivity contribution in [1.82, 2.24) is 0 Å². The molecule has 0 spiro atoms. The van der Waals surface area contributed by atoms with Crippen LogP contribution in [0.2, 0.25) is 5.02 Å². The Morgan fingerprint density at radius 2 is 1.85 bits per heavy atom. The molecule has 0 N–H and O–H groups in total. The third kappa shape index (κ3) is 3.38. The molecule has 0 bridgehead atoms. The van der Waals surface area contributed by atoms with Gasteiger partial charge in [0.25, 0.3) is 0 Å². The molecular formula is C16H16Cl2O2. The van der Waals surface area contributed by atoms with Crippen LogP contribution in [0.1, 0.15) is 16.7 Å². The molecule has 20 heavy (non-hydrogen) atoms. The van der Waals surface area contributed by atoms with E-state index in [1.165, 1.54) is 5.56 Å². The zero-order chi connectivity index (χ0) is 14.5. The second-order valence-electron chi connectivity index (χ2n) is 4.45. The number of ether oxygens (including phenoxy) is 2. The Labute approximate surface area is 129 Å². The number of benzene rings is 2. The minimum absolute atomic E-state index is 0.319. The summed E-state index contributed by atoms with van der Waals surface area (Å²) in [4.78, 5) is 0. The Morgan fingerprint density at radius 1 is 1.10 bits per heavy atom. The van der Waals surface area contributed by atoms with E-state index in [0.29, 0.717) is 29.0 Å². The van der Waals surface area contributed by atoms with Crippen LogP contribution >= 0.6 is 23.2 Å². The van der Waals surface area contributed by atoms with Crippen molar-refractivity contribution in [2.24, 2.45) is 0 Å². The number of hydrogen-bond donors (Lipinski definition) is 0. The highest BCUT2D eigenvalue weighted by molar-refractivity contribution is 6.31. The highest BCUT2D eigenvalue weighted by Crippen LogP contribution is 2.36. The minimum Gasteiger partial charge on any atom is -0.493 e. The number of methoxy groups -OCH3 is 1. The lowest BCUT2D eigenvalue weighted by atomic mass is 10.1. The minimum atomic E-state index is 0.319. The fraction of sp³-hybridized carbons (Fsp3) is 0.250. The number of halogens is 2. The van der Waals surface area contributed by atoms with Crippen LogP contribution < -0.4 is 9.47 Å². The molecule has 0 aromatic heterocycles. The van der Waals surface area contributed by atoms with Gasteiger partial charge in [-0.15, -0.1) is 11.6 Å². The van der Waals surface area contributed by atoms with Crippen LogP contribution in [0, 0.1) is 6.92 Å². The highest BCUT2D eigenvalue weighted by atomic mass is 35.5. The molecule has 0 fully saturated rings. The summed E-state index contributed by atoms with van der Waals surface area (Å²) >= 11 is 12.0. The quantitative estimate of drug-likeness (QED) is 0.725. The lowest BCUT2D eigenvalue weighted by Crippen LogP contribution is -2.02.